The Hall–Kier alpha value is -1.42. The second-order valence-corrected chi connectivity index (χ2v) is 6.97. The maximum absolute atomic E-state index is 4.77. The lowest BCUT2D eigenvalue weighted by Gasteiger charge is -2.22. The average molecular weight is 332 g/mol. The van der Waals surface area contributed by atoms with Gasteiger partial charge in [0.05, 0.1) is 0 Å². The van der Waals surface area contributed by atoms with Gasteiger partial charge in [-0.15, -0.1) is 0 Å². The Balaban J connectivity index is 2.06. The van der Waals surface area contributed by atoms with E-state index in [1.54, 1.807) is 0 Å². The first-order valence-electron chi connectivity index (χ1n) is 6.86. The van der Waals surface area contributed by atoms with Gasteiger partial charge in [-0.25, -0.2) is 9.97 Å². The van der Waals surface area contributed by atoms with Crippen LogP contribution in [-0.4, -0.2) is 16.5 Å². The van der Waals surface area contributed by atoms with E-state index in [9.17, 15) is 0 Å². The number of benzene rings is 1. The minimum atomic E-state index is -0.0578. The Kier molecular flexibility index (Phi) is 3.28. The number of nitrogens with zero attached hydrogens (tertiary/aromatic N) is 3. The van der Waals surface area contributed by atoms with E-state index in [1.807, 2.05) is 6.07 Å². The van der Waals surface area contributed by atoms with E-state index in [0.29, 0.717) is 0 Å². The first-order chi connectivity index (χ1) is 9.45. The summed E-state index contributed by atoms with van der Waals surface area (Å²) in [4.78, 5) is 11.6. The van der Waals surface area contributed by atoms with Crippen LogP contribution in [0.5, 0.6) is 0 Å². The first-order valence-corrected chi connectivity index (χ1v) is 7.65. The molecule has 1 aliphatic heterocycles. The smallest absolute Gasteiger partial charge is 0.137 e. The first kappa shape index (κ1) is 13.6. The van der Waals surface area contributed by atoms with E-state index >= 15 is 0 Å². The van der Waals surface area contributed by atoms with Crippen LogP contribution in [0.1, 0.15) is 32.2 Å². The van der Waals surface area contributed by atoms with Gasteiger partial charge in [-0.2, -0.15) is 0 Å². The molecule has 2 heterocycles. The fraction of sp³-hybridized carbons (Fsp3) is 0.375. The van der Waals surface area contributed by atoms with Crippen LogP contribution in [0.3, 0.4) is 0 Å². The molecule has 0 unspecified atom stereocenters. The third kappa shape index (κ3) is 2.44. The van der Waals surface area contributed by atoms with Crippen molar-refractivity contribution in [1.29, 1.82) is 0 Å². The maximum Gasteiger partial charge on any atom is 0.137 e. The number of hydrogen-bond donors (Lipinski definition) is 0. The predicted octanol–water partition coefficient (Wildman–Crippen LogP) is 4.23. The van der Waals surface area contributed by atoms with Gasteiger partial charge in [-0.3, -0.25) is 0 Å². The number of fused-ring (bicyclic) bond motifs is 1. The summed E-state index contributed by atoms with van der Waals surface area (Å²) >= 11 is 3.51. The zero-order valence-corrected chi connectivity index (χ0v) is 13.6. The summed E-state index contributed by atoms with van der Waals surface area (Å²) < 4.78 is 0.844. The van der Waals surface area contributed by atoms with Gasteiger partial charge in [-0.1, -0.05) is 39.0 Å². The molecule has 0 N–H and O–H groups in total. The zero-order chi connectivity index (χ0) is 14.3. The van der Waals surface area contributed by atoms with Crippen LogP contribution in [0.2, 0.25) is 0 Å². The van der Waals surface area contributed by atoms with Crippen LogP contribution < -0.4 is 4.90 Å². The number of aromatic nitrogens is 2. The Labute approximate surface area is 128 Å². The molecule has 0 saturated heterocycles. The lowest BCUT2D eigenvalue weighted by atomic mass is 9.96. The Bertz CT molecular complexity index is 646. The summed E-state index contributed by atoms with van der Waals surface area (Å²) in [6, 6.07) is 10.5. The summed E-state index contributed by atoms with van der Waals surface area (Å²) in [5.74, 6) is 1.84. The predicted molar refractivity (Wildman–Crippen MR) is 85.6 cm³/mol. The Morgan fingerprint density at radius 3 is 2.65 bits per heavy atom. The fourth-order valence-corrected chi connectivity index (χ4v) is 2.83. The van der Waals surface area contributed by atoms with Crippen molar-refractivity contribution in [3.05, 3.63) is 46.3 Å². The minimum Gasteiger partial charge on any atom is -0.326 e. The van der Waals surface area contributed by atoms with E-state index in [0.717, 1.165) is 29.2 Å². The molecule has 3 rings (SSSR count). The van der Waals surface area contributed by atoms with Crippen LogP contribution in [0.15, 0.2) is 34.9 Å². The van der Waals surface area contributed by atoms with E-state index < -0.39 is 0 Å². The van der Waals surface area contributed by atoms with Gasteiger partial charge in [0.2, 0.25) is 0 Å². The molecule has 0 spiro atoms. The van der Waals surface area contributed by atoms with E-state index in [-0.39, 0.29) is 5.41 Å². The van der Waals surface area contributed by atoms with Crippen molar-refractivity contribution in [1.82, 2.24) is 9.97 Å². The highest BCUT2D eigenvalue weighted by Gasteiger charge is 2.24. The molecular formula is C16H18BrN3. The third-order valence-corrected chi connectivity index (χ3v) is 3.92. The maximum atomic E-state index is 4.77. The molecule has 20 heavy (non-hydrogen) atoms. The Morgan fingerprint density at radius 2 is 1.90 bits per heavy atom. The lowest BCUT2D eigenvalue weighted by Crippen LogP contribution is -2.21. The Morgan fingerprint density at radius 1 is 1.15 bits per heavy atom. The molecule has 0 aliphatic carbocycles. The van der Waals surface area contributed by atoms with Gasteiger partial charge in [-0.05, 0) is 34.0 Å². The summed E-state index contributed by atoms with van der Waals surface area (Å²) in [6.45, 7) is 7.38. The molecule has 0 radical (unpaired) electrons. The highest BCUT2D eigenvalue weighted by atomic mass is 79.9. The second kappa shape index (κ2) is 4.85. The van der Waals surface area contributed by atoms with Crippen molar-refractivity contribution < 1.29 is 0 Å². The molecule has 0 amide bonds. The number of hydrogen-bond acceptors (Lipinski definition) is 3. The van der Waals surface area contributed by atoms with Crippen LogP contribution in [0.4, 0.5) is 11.5 Å². The van der Waals surface area contributed by atoms with Gasteiger partial charge in [0.25, 0.3) is 0 Å². The lowest BCUT2D eigenvalue weighted by molar-refractivity contribution is 0.543. The third-order valence-electron chi connectivity index (χ3n) is 3.52. The SMILES string of the molecule is CC(C)(C)c1nc(Br)cc(N2CCc3ccccc32)n1. The summed E-state index contributed by atoms with van der Waals surface area (Å²) in [7, 11) is 0. The number of para-hydroxylation sites is 1. The van der Waals surface area contributed by atoms with Crippen LogP contribution in [0, 0.1) is 0 Å². The molecule has 2 aromatic rings. The molecule has 1 aliphatic rings. The monoisotopic (exact) mass is 331 g/mol. The van der Waals surface area contributed by atoms with Gasteiger partial charge in [0.1, 0.15) is 16.2 Å². The zero-order valence-electron chi connectivity index (χ0n) is 12.0. The largest absolute Gasteiger partial charge is 0.326 e. The number of rotatable bonds is 1. The van der Waals surface area contributed by atoms with Crippen LogP contribution in [0.25, 0.3) is 0 Å². The molecule has 3 nitrogen and oxygen atoms in total. The molecule has 1 aromatic heterocycles. The van der Waals surface area contributed by atoms with Gasteiger partial charge >= 0.3 is 0 Å². The van der Waals surface area contributed by atoms with E-state index in [1.165, 1.54) is 11.3 Å². The van der Waals surface area contributed by atoms with Crippen molar-refractivity contribution in [3.63, 3.8) is 0 Å². The quantitative estimate of drug-likeness (QED) is 0.732. The van der Waals surface area contributed by atoms with Crippen molar-refractivity contribution in [3.8, 4) is 0 Å². The molecule has 104 valence electrons. The van der Waals surface area contributed by atoms with E-state index in [4.69, 9.17) is 4.98 Å². The molecule has 1 aromatic carbocycles. The average Bonchev–Trinajstić information content (AvgIpc) is 2.80. The number of halogens is 1. The molecule has 4 heteroatoms. The molecule has 0 atom stereocenters. The van der Waals surface area contributed by atoms with Crippen molar-refractivity contribution in [2.45, 2.75) is 32.6 Å². The second-order valence-electron chi connectivity index (χ2n) is 6.15. The van der Waals surface area contributed by atoms with Crippen LogP contribution in [-0.2, 0) is 11.8 Å². The molecule has 0 bridgehead atoms. The number of anilines is 2. The van der Waals surface area contributed by atoms with E-state index in [2.05, 4.69) is 70.9 Å². The van der Waals surface area contributed by atoms with Gasteiger partial charge < -0.3 is 4.90 Å². The summed E-state index contributed by atoms with van der Waals surface area (Å²) in [5, 5.41) is 0. The highest BCUT2D eigenvalue weighted by Crippen LogP contribution is 2.34. The van der Waals surface area contributed by atoms with Gasteiger partial charge in [0, 0.05) is 23.7 Å². The standard InChI is InChI=1S/C16H18BrN3/c1-16(2,3)15-18-13(17)10-14(19-15)20-9-8-11-6-4-5-7-12(11)20/h4-7,10H,8-9H2,1-3H3. The highest BCUT2D eigenvalue weighted by molar-refractivity contribution is 9.10. The van der Waals surface area contributed by atoms with Crippen molar-refractivity contribution >= 4 is 27.4 Å². The molecule has 0 fully saturated rings. The summed E-state index contributed by atoms with van der Waals surface area (Å²) in [5.41, 5.74) is 2.59. The van der Waals surface area contributed by atoms with Crippen molar-refractivity contribution in [2.24, 2.45) is 0 Å². The van der Waals surface area contributed by atoms with Crippen molar-refractivity contribution in [2.75, 3.05) is 11.4 Å². The van der Waals surface area contributed by atoms with Gasteiger partial charge in [0.15, 0.2) is 0 Å². The molecule has 0 saturated carbocycles. The topological polar surface area (TPSA) is 29.0 Å². The fourth-order valence-electron chi connectivity index (χ4n) is 2.46. The minimum absolute atomic E-state index is 0.0578. The molecular weight excluding hydrogens is 314 g/mol. The normalized spacial score (nSPS) is 14.5. The van der Waals surface area contributed by atoms with Crippen LogP contribution >= 0.6 is 15.9 Å². The summed E-state index contributed by atoms with van der Waals surface area (Å²) in [6.07, 6.45) is 1.07.